The quantitative estimate of drug-likeness (QED) is 0.928. The largest absolute Gasteiger partial charge is 0.418 e. The molecule has 112 valence electrons. The van der Waals surface area contributed by atoms with Crippen molar-refractivity contribution in [1.82, 2.24) is 0 Å². The van der Waals surface area contributed by atoms with Crippen molar-refractivity contribution in [3.63, 3.8) is 0 Å². The standard InChI is InChI=1S/C14H19F3N2O/c1-10-9-20-7-6-19(10)13-3-2-11(4-5-18)8-12(13)14(15,16)17/h2-3,8,10H,4-7,9,18H2,1H3. The van der Waals surface area contributed by atoms with Gasteiger partial charge in [0.1, 0.15) is 0 Å². The van der Waals surface area contributed by atoms with Gasteiger partial charge >= 0.3 is 6.18 Å². The SMILES string of the molecule is CC1COCCN1c1ccc(CCN)cc1C(F)(F)F. The number of alkyl halides is 3. The van der Waals surface area contributed by atoms with Crippen LogP contribution in [0.25, 0.3) is 0 Å². The maximum absolute atomic E-state index is 13.3. The third-order valence-electron chi connectivity index (χ3n) is 3.48. The van der Waals surface area contributed by atoms with Crippen LogP contribution in [0.3, 0.4) is 0 Å². The van der Waals surface area contributed by atoms with Crippen molar-refractivity contribution in [3.8, 4) is 0 Å². The molecule has 3 nitrogen and oxygen atoms in total. The Morgan fingerprint density at radius 1 is 1.40 bits per heavy atom. The van der Waals surface area contributed by atoms with E-state index in [2.05, 4.69) is 0 Å². The van der Waals surface area contributed by atoms with Gasteiger partial charge in [-0.25, -0.2) is 0 Å². The van der Waals surface area contributed by atoms with Gasteiger partial charge in [-0.15, -0.1) is 0 Å². The summed E-state index contributed by atoms with van der Waals surface area (Å²) in [4.78, 5) is 1.76. The number of benzene rings is 1. The number of rotatable bonds is 3. The van der Waals surface area contributed by atoms with Gasteiger partial charge in [-0.1, -0.05) is 6.07 Å². The molecule has 1 aliphatic rings. The fraction of sp³-hybridized carbons (Fsp3) is 0.571. The maximum Gasteiger partial charge on any atom is 0.418 e. The topological polar surface area (TPSA) is 38.5 Å². The predicted octanol–water partition coefficient (Wildman–Crippen LogP) is 2.43. The summed E-state index contributed by atoms with van der Waals surface area (Å²) in [7, 11) is 0. The molecule has 1 fully saturated rings. The number of hydrogen-bond acceptors (Lipinski definition) is 3. The second-order valence-electron chi connectivity index (χ2n) is 5.01. The Balaban J connectivity index is 2.40. The zero-order chi connectivity index (χ0) is 14.8. The third kappa shape index (κ3) is 3.24. The van der Waals surface area contributed by atoms with Crippen molar-refractivity contribution in [3.05, 3.63) is 29.3 Å². The smallest absolute Gasteiger partial charge is 0.377 e. The summed E-state index contributed by atoms with van der Waals surface area (Å²) in [5, 5.41) is 0. The Morgan fingerprint density at radius 2 is 2.15 bits per heavy atom. The summed E-state index contributed by atoms with van der Waals surface area (Å²) in [6, 6.07) is 4.42. The number of nitrogens with zero attached hydrogens (tertiary/aromatic N) is 1. The number of morpholine rings is 1. The summed E-state index contributed by atoms with van der Waals surface area (Å²) in [5.74, 6) is 0. The molecule has 0 aliphatic carbocycles. The first-order chi connectivity index (χ1) is 9.43. The first kappa shape index (κ1) is 15.1. The predicted molar refractivity (Wildman–Crippen MR) is 71.8 cm³/mol. The van der Waals surface area contributed by atoms with Crippen molar-refractivity contribution in [2.75, 3.05) is 31.2 Å². The van der Waals surface area contributed by atoms with Crippen LogP contribution in [-0.2, 0) is 17.3 Å². The molecule has 1 atom stereocenters. The van der Waals surface area contributed by atoms with E-state index >= 15 is 0 Å². The normalized spacial score (nSPS) is 20.2. The van der Waals surface area contributed by atoms with E-state index in [1.54, 1.807) is 17.0 Å². The molecule has 1 unspecified atom stereocenters. The molecule has 0 saturated carbocycles. The second-order valence-corrected chi connectivity index (χ2v) is 5.01. The summed E-state index contributed by atoms with van der Waals surface area (Å²) < 4.78 is 45.1. The average molecular weight is 288 g/mol. The molecule has 1 heterocycles. The molecule has 0 radical (unpaired) electrons. The lowest BCUT2D eigenvalue weighted by atomic mass is 10.0. The van der Waals surface area contributed by atoms with Crippen LogP contribution in [0.5, 0.6) is 0 Å². The molecule has 2 rings (SSSR count). The van der Waals surface area contributed by atoms with Crippen molar-refractivity contribution in [2.24, 2.45) is 5.73 Å². The summed E-state index contributed by atoms with van der Waals surface area (Å²) in [6.07, 6.45) is -3.92. The van der Waals surface area contributed by atoms with E-state index in [0.29, 0.717) is 38.3 Å². The van der Waals surface area contributed by atoms with Crippen LogP contribution < -0.4 is 10.6 Å². The lowest BCUT2D eigenvalue weighted by molar-refractivity contribution is -0.137. The fourth-order valence-corrected chi connectivity index (χ4v) is 2.47. The molecule has 20 heavy (non-hydrogen) atoms. The highest BCUT2D eigenvalue weighted by molar-refractivity contribution is 5.57. The van der Waals surface area contributed by atoms with Gasteiger partial charge in [0, 0.05) is 18.3 Å². The van der Waals surface area contributed by atoms with E-state index in [-0.39, 0.29) is 11.7 Å². The van der Waals surface area contributed by atoms with Crippen LogP contribution in [0.15, 0.2) is 18.2 Å². The van der Waals surface area contributed by atoms with Crippen molar-refractivity contribution >= 4 is 5.69 Å². The minimum absolute atomic E-state index is 0.0646. The molecular weight excluding hydrogens is 269 g/mol. The number of anilines is 1. The molecule has 1 aromatic rings. The highest BCUT2D eigenvalue weighted by atomic mass is 19.4. The Kier molecular flexibility index (Phi) is 4.55. The van der Waals surface area contributed by atoms with Crippen LogP contribution in [0, 0.1) is 0 Å². The molecule has 1 aromatic carbocycles. The van der Waals surface area contributed by atoms with E-state index in [1.165, 1.54) is 6.07 Å². The molecule has 2 N–H and O–H groups in total. The molecule has 0 bridgehead atoms. The molecule has 0 amide bonds. The number of ether oxygens (including phenoxy) is 1. The lowest BCUT2D eigenvalue weighted by Crippen LogP contribution is -2.44. The van der Waals surface area contributed by atoms with Gasteiger partial charge in [0.05, 0.1) is 18.8 Å². The fourth-order valence-electron chi connectivity index (χ4n) is 2.47. The van der Waals surface area contributed by atoms with Crippen molar-refractivity contribution in [2.45, 2.75) is 25.6 Å². The Bertz CT molecular complexity index is 462. The van der Waals surface area contributed by atoms with Gasteiger partial charge < -0.3 is 15.4 Å². The van der Waals surface area contributed by atoms with Crippen LogP contribution in [-0.4, -0.2) is 32.3 Å². The minimum Gasteiger partial charge on any atom is -0.377 e. The van der Waals surface area contributed by atoms with Crippen LogP contribution in [0.2, 0.25) is 0 Å². The third-order valence-corrected chi connectivity index (χ3v) is 3.48. The number of halogens is 3. The van der Waals surface area contributed by atoms with Crippen LogP contribution in [0.4, 0.5) is 18.9 Å². The highest BCUT2D eigenvalue weighted by Gasteiger charge is 2.36. The van der Waals surface area contributed by atoms with Gasteiger partial charge in [-0.3, -0.25) is 0 Å². The van der Waals surface area contributed by atoms with E-state index in [0.717, 1.165) is 0 Å². The molecule has 1 saturated heterocycles. The summed E-state index contributed by atoms with van der Waals surface area (Å²) in [5.41, 5.74) is 5.67. The molecule has 1 aliphatic heterocycles. The Labute approximate surface area is 116 Å². The zero-order valence-electron chi connectivity index (χ0n) is 11.4. The van der Waals surface area contributed by atoms with Crippen LogP contribution >= 0.6 is 0 Å². The maximum atomic E-state index is 13.3. The highest BCUT2D eigenvalue weighted by Crippen LogP contribution is 2.38. The van der Waals surface area contributed by atoms with E-state index < -0.39 is 11.7 Å². The van der Waals surface area contributed by atoms with Gasteiger partial charge in [0.2, 0.25) is 0 Å². The van der Waals surface area contributed by atoms with E-state index in [9.17, 15) is 13.2 Å². The van der Waals surface area contributed by atoms with Crippen LogP contribution in [0.1, 0.15) is 18.1 Å². The first-order valence-corrected chi connectivity index (χ1v) is 6.68. The average Bonchev–Trinajstić information content (AvgIpc) is 2.39. The van der Waals surface area contributed by atoms with E-state index in [1.807, 2.05) is 6.92 Å². The van der Waals surface area contributed by atoms with Gasteiger partial charge in [-0.2, -0.15) is 13.2 Å². The van der Waals surface area contributed by atoms with E-state index in [4.69, 9.17) is 10.5 Å². The molecular formula is C14H19F3N2O. The van der Waals surface area contributed by atoms with Gasteiger partial charge in [0.15, 0.2) is 0 Å². The Morgan fingerprint density at radius 3 is 2.75 bits per heavy atom. The summed E-state index contributed by atoms with van der Waals surface area (Å²) in [6.45, 7) is 3.58. The molecule has 0 spiro atoms. The monoisotopic (exact) mass is 288 g/mol. The summed E-state index contributed by atoms with van der Waals surface area (Å²) >= 11 is 0. The number of nitrogens with two attached hydrogens (primary N) is 1. The van der Waals surface area contributed by atoms with Gasteiger partial charge in [-0.05, 0) is 37.6 Å². The minimum atomic E-state index is -4.36. The van der Waals surface area contributed by atoms with Gasteiger partial charge in [0.25, 0.3) is 0 Å². The van der Waals surface area contributed by atoms with Crippen molar-refractivity contribution < 1.29 is 17.9 Å². The molecule has 6 heteroatoms. The van der Waals surface area contributed by atoms with Crippen molar-refractivity contribution in [1.29, 1.82) is 0 Å². The second kappa shape index (κ2) is 6.01. The first-order valence-electron chi connectivity index (χ1n) is 6.68. The molecule has 0 aromatic heterocycles. The zero-order valence-corrected chi connectivity index (χ0v) is 11.4. The Hall–Kier alpha value is -1.27. The lowest BCUT2D eigenvalue weighted by Gasteiger charge is -2.36. The number of hydrogen-bond donors (Lipinski definition) is 1.